The van der Waals surface area contributed by atoms with Crippen LogP contribution in [-0.2, 0) is 6.54 Å². The second-order valence-electron chi connectivity index (χ2n) is 7.28. The lowest BCUT2D eigenvalue weighted by Crippen LogP contribution is -2.38. The summed E-state index contributed by atoms with van der Waals surface area (Å²) >= 11 is 0. The molecule has 1 N–H and O–H groups in total. The van der Waals surface area contributed by atoms with Crippen molar-refractivity contribution in [2.45, 2.75) is 65.5 Å². The van der Waals surface area contributed by atoms with Gasteiger partial charge in [-0.15, -0.1) is 0 Å². The summed E-state index contributed by atoms with van der Waals surface area (Å²) in [5, 5.41) is 0.735. The van der Waals surface area contributed by atoms with Crippen molar-refractivity contribution in [1.29, 1.82) is 0 Å². The van der Waals surface area contributed by atoms with Gasteiger partial charge in [-0.3, -0.25) is 9.69 Å². The number of benzene rings is 1. The molecule has 1 aliphatic rings. The maximum absolute atomic E-state index is 13.1. The molecular weight excluding hydrogens is 312 g/mol. The second kappa shape index (κ2) is 8.05. The number of piperidine rings is 1. The summed E-state index contributed by atoms with van der Waals surface area (Å²) in [6.45, 7) is 8.94. The Morgan fingerprint density at radius 3 is 2.92 bits per heavy atom. The first-order chi connectivity index (χ1) is 12.1. The molecule has 0 spiro atoms. The van der Waals surface area contributed by atoms with Crippen LogP contribution in [0.15, 0.2) is 23.0 Å². The van der Waals surface area contributed by atoms with Gasteiger partial charge in [0, 0.05) is 34.7 Å². The summed E-state index contributed by atoms with van der Waals surface area (Å²) in [7, 11) is 0. The third kappa shape index (κ3) is 4.06. The minimum atomic E-state index is 0.143. The molecule has 1 aromatic carbocycles. The van der Waals surface area contributed by atoms with Gasteiger partial charge < -0.3 is 9.72 Å². The Labute approximate surface area is 150 Å². The number of rotatable bonds is 6. The molecule has 3 rings (SSSR count). The zero-order valence-electron chi connectivity index (χ0n) is 15.7. The van der Waals surface area contributed by atoms with Gasteiger partial charge >= 0.3 is 0 Å². The average molecular weight is 342 g/mol. The molecule has 0 bridgehead atoms. The maximum atomic E-state index is 13.1. The van der Waals surface area contributed by atoms with Crippen molar-refractivity contribution < 1.29 is 4.74 Å². The molecule has 1 atom stereocenters. The minimum Gasteiger partial charge on any atom is -0.494 e. The van der Waals surface area contributed by atoms with E-state index in [0.29, 0.717) is 12.6 Å². The van der Waals surface area contributed by atoms with Crippen LogP contribution in [0.3, 0.4) is 0 Å². The Balaban J connectivity index is 1.91. The summed E-state index contributed by atoms with van der Waals surface area (Å²) in [4.78, 5) is 19.0. The highest BCUT2D eigenvalue weighted by atomic mass is 16.5. The predicted octanol–water partition coefficient (Wildman–Crippen LogP) is 4.39. The summed E-state index contributed by atoms with van der Waals surface area (Å²) in [5.41, 5.74) is 2.91. The number of nitrogens with one attached hydrogen (secondary N) is 1. The predicted molar refractivity (Wildman–Crippen MR) is 103 cm³/mol. The van der Waals surface area contributed by atoms with Gasteiger partial charge in [-0.1, -0.05) is 19.8 Å². The van der Waals surface area contributed by atoms with Crippen LogP contribution in [-0.4, -0.2) is 29.1 Å². The molecule has 4 nitrogen and oxygen atoms in total. The van der Waals surface area contributed by atoms with Crippen LogP contribution in [0.4, 0.5) is 0 Å². The molecule has 1 aromatic heterocycles. The number of aryl methyl sites for hydroxylation is 1. The number of ether oxygens (including phenoxy) is 1. The van der Waals surface area contributed by atoms with E-state index in [2.05, 4.69) is 23.7 Å². The van der Waals surface area contributed by atoms with Crippen LogP contribution in [0.25, 0.3) is 10.9 Å². The Morgan fingerprint density at radius 1 is 1.32 bits per heavy atom. The fraction of sp³-hybridized carbons (Fsp3) is 0.571. The largest absolute Gasteiger partial charge is 0.494 e. The lowest BCUT2D eigenvalue weighted by molar-refractivity contribution is 0.152. The van der Waals surface area contributed by atoms with Gasteiger partial charge in [-0.05, 0) is 57.9 Å². The highest BCUT2D eigenvalue weighted by molar-refractivity contribution is 5.81. The zero-order chi connectivity index (χ0) is 17.8. The van der Waals surface area contributed by atoms with Crippen LogP contribution < -0.4 is 10.2 Å². The topological polar surface area (TPSA) is 45.3 Å². The molecule has 4 heteroatoms. The van der Waals surface area contributed by atoms with Gasteiger partial charge in [-0.25, -0.2) is 0 Å². The number of nitrogens with zero attached hydrogens (tertiary/aromatic N) is 1. The van der Waals surface area contributed by atoms with Crippen molar-refractivity contribution in [3.63, 3.8) is 0 Å². The molecule has 0 amide bonds. The van der Waals surface area contributed by atoms with E-state index in [1.54, 1.807) is 0 Å². The Bertz CT molecular complexity index is 781. The van der Waals surface area contributed by atoms with Crippen LogP contribution in [0.2, 0.25) is 0 Å². The number of likely N-dealkylation sites (tertiary alicyclic amines) is 1. The Kier molecular flexibility index (Phi) is 5.79. The number of pyridine rings is 1. The van der Waals surface area contributed by atoms with Crippen molar-refractivity contribution in [2.24, 2.45) is 0 Å². The molecule has 1 aliphatic heterocycles. The number of hydrogen-bond donors (Lipinski definition) is 1. The molecule has 25 heavy (non-hydrogen) atoms. The maximum Gasteiger partial charge on any atom is 0.194 e. The van der Waals surface area contributed by atoms with E-state index in [-0.39, 0.29) is 5.43 Å². The van der Waals surface area contributed by atoms with Crippen molar-refractivity contribution >= 4 is 10.9 Å². The van der Waals surface area contributed by atoms with Gasteiger partial charge in [0.25, 0.3) is 0 Å². The van der Waals surface area contributed by atoms with E-state index in [1.807, 2.05) is 25.1 Å². The van der Waals surface area contributed by atoms with Crippen LogP contribution in [0, 0.1) is 6.92 Å². The van der Waals surface area contributed by atoms with Crippen LogP contribution in [0.1, 0.15) is 57.2 Å². The van der Waals surface area contributed by atoms with E-state index in [4.69, 9.17) is 4.74 Å². The summed E-state index contributed by atoms with van der Waals surface area (Å²) in [6, 6.07) is 6.34. The number of unbranched alkanes of at least 4 members (excludes halogenated alkanes) is 1. The van der Waals surface area contributed by atoms with Crippen LogP contribution >= 0.6 is 0 Å². The monoisotopic (exact) mass is 342 g/mol. The van der Waals surface area contributed by atoms with E-state index >= 15 is 0 Å². The smallest absolute Gasteiger partial charge is 0.194 e. The number of aromatic nitrogens is 1. The van der Waals surface area contributed by atoms with E-state index < -0.39 is 0 Å². The third-order valence-electron chi connectivity index (χ3n) is 5.35. The van der Waals surface area contributed by atoms with Crippen molar-refractivity contribution in [1.82, 2.24) is 9.88 Å². The molecule has 1 fully saturated rings. The third-order valence-corrected chi connectivity index (χ3v) is 5.35. The molecule has 136 valence electrons. The average Bonchev–Trinajstić information content (AvgIpc) is 2.61. The number of H-pyrrole nitrogens is 1. The first-order valence-corrected chi connectivity index (χ1v) is 9.62. The molecule has 0 saturated carbocycles. The second-order valence-corrected chi connectivity index (χ2v) is 7.28. The summed E-state index contributed by atoms with van der Waals surface area (Å²) in [6.07, 6.45) is 5.87. The number of aromatic amines is 1. The fourth-order valence-corrected chi connectivity index (χ4v) is 3.64. The SMILES string of the molecule is CCCCOc1ccc2[nH]c(C)c(CN3CCCCC3C)c(=O)c2c1. The lowest BCUT2D eigenvalue weighted by atomic mass is 10.0. The summed E-state index contributed by atoms with van der Waals surface area (Å²) in [5.74, 6) is 0.785. The van der Waals surface area contributed by atoms with Crippen molar-refractivity contribution in [3.05, 3.63) is 39.7 Å². The summed E-state index contributed by atoms with van der Waals surface area (Å²) < 4.78 is 5.78. The number of hydrogen-bond acceptors (Lipinski definition) is 3. The normalized spacial score (nSPS) is 18.6. The minimum absolute atomic E-state index is 0.143. The van der Waals surface area contributed by atoms with Gasteiger partial charge in [0.05, 0.1) is 6.61 Å². The standard InChI is InChI=1S/C21H30N2O2/c1-4-5-12-25-17-9-10-20-18(13-17)21(24)19(16(3)22-20)14-23-11-7-6-8-15(23)2/h9-10,13,15H,4-8,11-12,14H2,1-3H3,(H,22,24). The van der Waals surface area contributed by atoms with Gasteiger partial charge in [-0.2, -0.15) is 0 Å². The van der Waals surface area contributed by atoms with Crippen molar-refractivity contribution in [2.75, 3.05) is 13.2 Å². The van der Waals surface area contributed by atoms with E-state index in [1.165, 1.54) is 19.3 Å². The van der Waals surface area contributed by atoms with Crippen LogP contribution in [0.5, 0.6) is 5.75 Å². The quantitative estimate of drug-likeness (QED) is 0.792. The van der Waals surface area contributed by atoms with E-state index in [9.17, 15) is 4.79 Å². The highest BCUT2D eigenvalue weighted by Gasteiger charge is 2.21. The van der Waals surface area contributed by atoms with E-state index in [0.717, 1.165) is 53.8 Å². The lowest BCUT2D eigenvalue weighted by Gasteiger charge is -2.33. The molecule has 0 aliphatic carbocycles. The molecule has 0 radical (unpaired) electrons. The molecule has 2 aromatic rings. The Morgan fingerprint density at radius 2 is 2.16 bits per heavy atom. The Hall–Kier alpha value is -1.81. The molecule has 1 unspecified atom stereocenters. The van der Waals surface area contributed by atoms with Gasteiger partial charge in [0.2, 0.25) is 0 Å². The number of fused-ring (bicyclic) bond motifs is 1. The first kappa shape index (κ1) is 18.0. The highest BCUT2D eigenvalue weighted by Crippen LogP contribution is 2.22. The molecule has 1 saturated heterocycles. The van der Waals surface area contributed by atoms with Gasteiger partial charge in [0.1, 0.15) is 5.75 Å². The first-order valence-electron chi connectivity index (χ1n) is 9.62. The zero-order valence-corrected chi connectivity index (χ0v) is 15.7. The fourth-order valence-electron chi connectivity index (χ4n) is 3.64. The molecule has 2 heterocycles. The molecular formula is C21H30N2O2. The van der Waals surface area contributed by atoms with Gasteiger partial charge in [0.15, 0.2) is 5.43 Å². The van der Waals surface area contributed by atoms with Crippen molar-refractivity contribution in [3.8, 4) is 5.75 Å².